The molecule has 0 saturated carbocycles. The zero-order valence-electron chi connectivity index (χ0n) is 26.7. The van der Waals surface area contributed by atoms with Gasteiger partial charge in [-0.2, -0.15) is 0 Å². The molecule has 0 aliphatic rings. The molecular formula is C37H38O9S2. The van der Waals surface area contributed by atoms with Crippen LogP contribution in [-0.2, 0) is 23.9 Å². The average molecular weight is 691 g/mol. The molecule has 3 aromatic carbocycles. The molecule has 0 aromatic heterocycles. The van der Waals surface area contributed by atoms with Gasteiger partial charge >= 0.3 is 11.9 Å². The first-order valence-corrected chi connectivity index (χ1v) is 16.8. The molecule has 0 fully saturated rings. The standard InChI is InChI=1S/C37H38O9S2/c1-4-34(38)45-24-8-6-22-43-29-14-12-28(13-15-29)37(41)48-31-18-16-30(17-19-31)47-36(40)21-11-27-10-20-32(33(26-27)42-3)44-23-7-9-25-46-35(39)5-2/h4-5,10-21,26H,1-2,6-9,22-25H2,3H3/b21-11+. The van der Waals surface area contributed by atoms with Crippen LogP contribution in [0.15, 0.2) is 108 Å². The molecular weight excluding hydrogens is 653 g/mol. The number of carbonyl (C=O) groups excluding carboxylic acids is 4. The van der Waals surface area contributed by atoms with E-state index in [9.17, 15) is 19.2 Å². The predicted molar refractivity (Wildman–Crippen MR) is 188 cm³/mol. The van der Waals surface area contributed by atoms with Crippen LogP contribution in [0.5, 0.6) is 17.2 Å². The molecule has 0 aliphatic heterocycles. The minimum Gasteiger partial charge on any atom is -0.494 e. The molecule has 0 aliphatic carbocycles. The number of rotatable bonds is 20. The van der Waals surface area contributed by atoms with E-state index in [1.54, 1.807) is 61.7 Å². The lowest BCUT2D eigenvalue weighted by Crippen LogP contribution is -2.05. The van der Waals surface area contributed by atoms with Crippen LogP contribution in [0.3, 0.4) is 0 Å². The number of hydrogen-bond acceptors (Lipinski definition) is 11. The summed E-state index contributed by atoms with van der Waals surface area (Å²) in [6.45, 7) is 8.23. The van der Waals surface area contributed by atoms with Gasteiger partial charge in [-0.25, -0.2) is 9.59 Å². The van der Waals surface area contributed by atoms with Gasteiger partial charge in [-0.1, -0.05) is 25.3 Å². The van der Waals surface area contributed by atoms with Crippen LogP contribution in [0.2, 0.25) is 0 Å². The van der Waals surface area contributed by atoms with Crippen molar-refractivity contribution in [1.29, 1.82) is 0 Å². The number of ether oxygens (including phenoxy) is 5. The van der Waals surface area contributed by atoms with E-state index in [0.29, 0.717) is 68.5 Å². The van der Waals surface area contributed by atoms with Gasteiger partial charge in [-0.05, 0) is 122 Å². The van der Waals surface area contributed by atoms with Crippen molar-refractivity contribution in [2.45, 2.75) is 35.5 Å². The summed E-state index contributed by atoms with van der Waals surface area (Å²) < 4.78 is 26.8. The Kier molecular flexibility index (Phi) is 16.7. The molecule has 9 nitrogen and oxygen atoms in total. The Labute approximate surface area is 289 Å². The van der Waals surface area contributed by atoms with Gasteiger partial charge in [0.1, 0.15) is 5.75 Å². The normalized spacial score (nSPS) is 10.6. The number of carbonyl (C=O) groups is 4. The summed E-state index contributed by atoms with van der Waals surface area (Å²) in [6.07, 6.45) is 8.22. The van der Waals surface area contributed by atoms with Crippen LogP contribution in [0.25, 0.3) is 6.08 Å². The van der Waals surface area contributed by atoms with Crippen LogP contribution in [0.4, 0.5) is 0 Å². The van der Waals surface area contributed by atoms with Crippen LogP contribution < -0.4 is 14.2 Å². The molecule has 0 N–H and O–H groups in total. The Bertz CT molecular complexity index is 1560. The summed E-state index contributed by atoms with van der Waals surface area (Å²) in [5, 5.41) is -0.259. The van der Waals surface area contributed by atoms with E-state index >= 15 is 0 Å². The van der Waals surface area contributed by atoms with Gasteiger partial charge in [0, 0.05) is 27.5 Å². The van der Waals surface area contributed by atoms with E-state index in [0.717, 1.165) is 57.5 Å². The van der Waals surface area contributed by atoms with Gasteiger partial charge in [-0.3, -0.25) is 9.59 Å². The van der Waals surface area contributed by atoms with E-state index < -0.39 is 11.9 Å². The van der Waals surface area contributed by atoms with Gasteiger partial charge in [0.2, 0.25) is 10.2 Å². The average Bonchev–Trinajstić information content (AvgIpc) is 3.11. The first kappa shape index (κ1) is 37.7. The van der Waals surface area contributed by atoms with Crippen molar-refractivity contribution in [1.82, 2.24) is 0 Å². The summed E-state index contributed by atoms with van der Waals surface area (Å²) in [4.78, 5) is 49.0. The highest BCUT2D eigenvalue weighted by Gasteiger charge is 2.10. The molecule has 0 spiro atoms. The first-order valence-electron chi connectivity index (χ1n) is 15.2. The zero-order valence-corrected chi connectivity index (χ0v) is 28.4. The van der Waals surface area contributed by atoms with Crippen LogP contribution in [0.1, 0.15) is 41.6 Å². The highest BCUT2D eigenvalue weighted by molar-refractivity contribution is 8.14. The molecule has 0 saturated heterocycles. The third-order valence-electron chi connectivity index (χ3n) is 6.37. The third-order valence-corrected chi connectivity index (χ3v) is 8.14. The second-order valence-electron chi connectivity index (χ2n) is 9.90. The molecule has 252 valence electrons. The highest BCUT2D eigenvalue weighted by Crippen LogP contribution is 2.30. The Morgan fingerprint density at radius 3 is 1.81 bits per heavy atom. The van der Waals surface area contributed by atoms with Crippen molar-refractivity contribution < 1.29 is 42.9 Å². The molecule has 0 atom stereocenters. The van der Waals surface area contributed by atoms with E-state index in [1.165, 1.54) is 6.08 Å². The quantitative estimate of drug-likeness (QED) is 0.0502. The smallest absolute Gasteiger partial charge is 0.330 e. The van der Waals surface area contributed by atoms with Crippen molar-refractivity contribution in [2.75, 3.05) is 33.5 Å². The Hall–Kier alpha value is -4.74. The number of methoxy groups -OCH3 is 1. The first-order chi connectivity index (χ1) is 23.3. The summed E-state index contributed by atoms with van der Waals surface area (Å²) in [5.41, 5.74) is 1.32. The van der Waals surface area contributed by atoms with Crippen molar-refractivity contribution >= 4 is 51.8 Å². The van der Waals surface area contributed by atoms with Crippen molar-refractivity contribution in [3.63, 3.8) is 0 Å². The highest BCUT2D eigenvalue weighted by atomic mass is 32.2. The molecule has 11 heteroatoms. The van der Waals surface area contributed by atoms with Gasteiger partial charge < -0.3 is 23.7 Å². The van der Waals surface area contributed by atoms with Gasteiger partial charge in [0.15, 0.2) is 11.5 Å². The lowest BCUT2D eigenvalue weighted by Gasteiger charge is -2.11. The number of thioether (sulfide) groups is 2. The molecule has 0 radical (unpaired) electrons. The maximum Gasteiger partial charge on any atom is 0.330 e. The second-order valence-corrected chi connectivity index (χ2v) is 12.0. The van der Waals surface area contributed by atoms with Crippen LogP contribution in [-0.4, -0.2) is 55.7 Å². The van der Waals surface area contributed by atoms with Gasteiger partial charge in [0.25, 0.3) is 0 Å². The van der Waals surface area contributed by atoms with Gasteiger partial charge in [-0.15, -0.1) is 0 Å². The zero-order chi connectivity index (χ0) is 34.6. The molecule has 0 heterocycles. The van der Waals surface area contributed by atoms with E-state index in [2.05, 4.69) is 13.2 Å². The molecule has 0 bridgehead atoms. The molecule has 48 heavy (non-hydrogen) atoms. The molecule has 3 aromatic rings. The van der Waals surface area contributed by atoms with E-state index in [-0.39, 0.29) is 10.2 Å². The fourth-order valence-corrected chi connectivity index (χ4v) is 5.27. The van der Waals surface area contributed by atoms with Crippen LogP contribution in [0, 0.1) is 0 Å². The van der Waals surface area contributed by atoms with Crippen molar-refractivity contribution in [3.8, 4) is 17.2 Å². The summed E-state index contributed by atoms with van der Waals surface area (Å²) in [6, 6.07) is 19.6. The maximum atomic E-state index is 12.8. The minimum atomic E-state index is -0.443. The molecule has 0 amide bonds. The maximum absolute atomic E-state index is 12.8. The second kappa shape index (κ2) is 21.2. The summed E-state index contributed by atoms with van der Waals surface area (Å²) in [7, 11) is 1.55. The summed E-state index contributed by atoms with van der Waals surface area (Å²) >= 11 is 2.19. The summed E-state index contributed by atoms with van der Waals surface area (Å²) in [5.74, 6) is 0.892. The van der Waals surface area contributed by atoms with Crippen LogP contribution >= 0.6 is 23.5 Å². The monoisotopic (exact) mass is 690 g/mol. The number of unbranched alkanes of at least 4 members (excludes halogenated alkanes) is 2. The molecule has 0 unspecified atom stereocenters. The lowest BCUT2D eigenvalue weighted by molar-refractivity contribution is -0.138. The Morgan fingerprint density at radius 2 is 1.23 bits per heavy atom. The number of benzene rings is 3. The molecule has 3 rings (SSSR count). The third kappa shape index (κ3) is 13.9. The minimum absolute atomic E-state index is 0.108. The fraction of sp³-hybridized carbons (Fsp3) is 0.243. The number of hydrogen-bond donors (Lipinski definition) is 0. The van der Waals surface area contributed by atoms with Gasteiger partial charge in [0.05, 0.1) is 33.5 Å². The Morgan fingerprint density at radius 1 is 0.667 bits per heavy atom. The topological polar surface area (TPSA) is 114 Å². The fourth-order valence-electron chi connectivity index (χ4n) is 3.89. The SMILES string of the molecule is C=CC(=O)OCCCCOc1ccc(C(=O)Sc2ccc(SC(=O)/C=C/c3ccc(OCCCCOC(=O)C=C)c(OC)c3)cc2)cc1. The largest absolute Gasteiger partial charge is 0.494 e. The van der Waals surface area contributed by atoms with E-state index in [4.69, 9.17) is 23.7 Å². The Balaban J connectivity index is 1.40. The number of esters is 2. The van der Waals surface area contributed by atoms with Crippen molar-refractivity contribution in [2.24, 2.45) is 0 Å². The van der Waals surface area contributed by atoms with E-state index in [1.807, 2.05) is 18.2 Å². The van der Waals surface area contributed by atoms with Crippen molar-refractivity contribution in [3.05, 3.63) is 109 Å². The lowest BCUT2D eigenvalue weighted by atomic mass is 10.2. The predicted octanol–water partition coefficient (Wildman–Crippen LogP) is 7.74.